The van der Waals surface area contributed by atoms with Gasteiger partial charge in [-0.3, -0.25) is 0 Å². The molecule has 0 radical (unpaired) electrons. The molecule has 0 aromatic heterocycles. The molecular weight excluding hydrogens is 545 g/mol. The van der Waals surface area contributed by atoms with E-state index in [4.69, 9.17) is 31.2 Å². The summed E-state index contributed by atoms with van der Waals surface area (Å²) in [4.78, 5) is 10.6. The first-order valence-corrected chi connectivity index (χ1v) is 15.7. The summed E-state index contributed by atoms with van der Waals surface area (Å²) in [5.41, 5.74) is 34.5. The predicted molar refractivity (Wildman–Crippen MR) is 133 cm³/mol. The fourth-order valence-corrected chi connectivity index (χ4v) is 8.20. The number of hydrogen-bond acceptors (Lipinski definition) is 10. The van der Waals surface area contributed by atoms with E-state index >= 15 is 0 Å². The van der Waals surface area contributed by atoms with E-state index < -0.39 is 46.3 Å². The van der Waals surface area contributed by atoms with Crippen molar-refractivity contribution < 1.29 is 17.5 Å². The maximum atomic E-state index is 11.0. The lowest BCUT2D eigenvalue weighted by Crippen LogP contribution is -2.29. The quantitative estimate of drug-likeness (QED) is 0.0543. The minimum atomic E-state index is -2.21. The Hall–Kier alpha value is -1.14. The highest BCUT2D eigenvalue weighted by Crippen LogP contribution is 2.30. The van der Waals surface area contributed by atoms with Gasteiger partial charge in [0.25, 0.3) is 0 Å². The van der Waals surface area contributed by atoms with Crippen LogP contribution in [0.5, 0.6) is 0 Å². The molecule has 0 aliphatic carbocycles. The Balaban J connectivity index is 4.43. The van der Waals surface area contributed by atoms with Gasteiger partial charge < -0.3 is 9.11 Å². The maximum Gasteiger partial charge on any atom is 0.153 e. The SMILES string of the molecule is [N-]=[N+]=N[C@H](CSSCCSSC[C@@H](N=[N+]=[N-])[C@@H](CS(=O)O)N=[N+]=[N-])[C@@H](CS(=O)O)N=[N+]=[N-]. The van der Waals surface area contributed by atoms with E-state index in [0.29, 0.717) is 11.5 Å². The molecule has 178 valence electrons. The molecule has 0 aromatic carbocycles. The van der Waals surface area contributed by atoms with Gasteiger partial charge in [0.15, 0.2) is 22.2 Å². The van der Waals surface area contributed by atoms with Gasteiger partial charge in [0.05, 0.1) is 35.7 Å². The number of nitrogens with zero attached hydrogens (tertiary/aromatic N) is 12. The van der Waals surface area contributed by atoms with Crippen LogP contribution in [0, 0.1) is 0 Å². The van der Waals surface area contributed by atoms with E-state index in [1.807, 2.05) is 0 Å². The summed E-state index contributed by atoms with van der Waals surface area (Å²) in [6.45, 7) is 0. The van der Waals surface area contributed by atoms with Crippen LogP contribution in [0.3, 0.4) is 0 Å². The fourth-order valence-electron chi connectivity index (χ4n) is 1.86. The molecule has 0 amide bonds. The zero-order valence-corrected chi connectivity index (χ0v) is 21.0. The normalized spacial score (nSPS) is 15.9. The summed E-state index contributed by atoms with van der Waals surface area (Å²) in [7, 11) is 5.63. The van der Waals surface area contributed by atoms with Gasteiger partial charge >= 0.3 is 0 Å². The van der Waals surface area contributed by atoms with Crippen LogP contribution in [0.15, 0.2) is 20.5 Å². The van der Waals surface area contributed by atoms with Crippen LogP contribution >= 0.6 is 43.2 Å². The van der Waals surface area contributed by atoms with E-state index in [1.165, 1.54) is 43.2 Å². The van der Waals surface area contributed by atoms with Gasteiger partial charge in [0, 0.05) is 42.7 Å². The molecule has 22 heteroatoms. The van der Waals surface area contributed by atoms with E-state index in [9.17, 15) is 8.42 Å². The summed E-state index contributed by atoms with van der Waals surface area (Å²) in [6.07, 6.45) is 0. The van der Waals surface area contributed by atoms with Crippen LogP contribution in [0.25, 0.3) is 41.8 Å². The first-order valence-electron chi connectivity index (χ1n) is 8.20. The summed E-state index contributed by atoms with van der Waals surface area (Å²) in [5.74, 6) is 1.24. The molecule has 0 aliphatic heterocycles. The zero-order valence-electron chi connectivity index (χ0n) is 16.1. The molecule has 32 heavy (non-hydrogen) atoms. The van der Waals surface area contributed by atoms with Crippen LogP contribution in [-0.2, 0) is 22.2 Å². The molecule has 0 saturated heterocycles. The van der Waals surface area contributed by atoms with Crippen molar-refractivity contribution in [2.24, 2.45) is 20.5 Å². The highest BCUT2D eigenvalue weighted by Gasteiger charge is 2.23. The summed E-state index contributed by atoms with van der Waals surface area (Å²) < 4.78 is 40.0. The molecule has 2 N–H and O–H groups in total. The van der Waals surface area contributed by atoms with Gasteiger partial charge in [0.2, 0.25) is 0 Å². The van der Waals surface area contributed by atoms with E-state index in [1.54, 1.807) is 0 Å². The second-order valence-corrected chi connectivity index (χ2v) is 12.5. The predicted octanol–water partition coefficient (Wildman–Crippen LogP) is 4.91. The lowest BCUT2D eigenvalue weighted by molar-refractivity contribution is 0.538. The van der Waals surface area contributed by atoms with Crippen LogP contribution < -0.4 is 0 Å². The zero-order chi connectivity index (χ0) is 24.2. The molecule has 0 aromatic rings. The van der Waals surface area contributed by atoms with Crippen molar-refractivity contribution in [1.29, 1.82) is 0 Å². The third-order valence-electron chi connectivity index (χ3n) is 3.21. The standard InChI is InChI=1S/C10H18N12O4S6/c11-19-15-7(9(17-21-13)5-31(23)24)3-29-27-1-2-28-30-4-8(16-20-12)10(18-22-14)6-32(25)26/h7-10H,1-6H2,(H,23,24)(H,25,26)/t7-,8-,9-,10-/m1/s1. The Morgan fingerprint density at radius 1 is 0.625 bits per heavy atom. The topological polar surface area (TPSA) is 270 Å². The van der Waals surface area contributed by atoms with Crippen molar-refractivity contribution in [3.05, 3.63) is 41.8 Å². The number of hydrogen-bond donors (Lipinski definition) is 2. The van der Waals surface area contributed by atoms with Crippen LogP contribution in [0.4, 0.5) is 0 Å². The van der Waals surface area contributed by atoms with Crippen molar-refractivity contribution in [3.8, 4) is 0 Å². The van der Waals surface area contributed by atoms with Crippen molar-refractivity contribution in [2.75, 3.05) is 34.5 Å². The molecule has 0 bridgehead atoms. The summed E-state index contributed by atoms with van der Waals surface area (Å²) in [6, 6.07) is -3.42. The van der Waals surface area contributed by atoms with E-state index in [2.05, 4.69) is 40.1 Å². The number of azide groups is 4. The Morgan fingerprint density at radius 3 is 1.22 bits per heavy atom. The van der Waals surface area contributed by atoms with Crippen LogP contribution in [0.1, 0.15) is 0 Å². The molecule has 0 spiro atoms. The van der Waals surface area contributed by atoms with Crippen molar-refractivity contribution in [3.63, 3.8) is 0 Å². The molecule has 0 rings (SSSR count). The molecular formula is C10H18N12O4S6. The summed E-state index contributed by atoms with van der Waals surface area (Å²) in [5, 5.41) is 14.0. The average molecular weight is 563 g/mol. The second-order valence-electron chi connectivity index (χ2n) is 5.28. The first-order chi connectivity index (χ1) is 15.4. The highest BCUT2D eigenvalue weighted by atomic mass is 33.1. The maximum absolute atomic E-state index is 11.0. The largest absolute Gasteiger partial charge is 0.306 e. The minimum absolute atomic E-state index is 0.276. The summed E-state index contributed by atoms with van der Waals surface area (Å²) >= 11 is -4.41. The molecule has 6 atom stereocenters. The lowest BCUT2D eigenvalue weighted by Gasteiger charge is -2.17. The highest BCUT2D eigenvalue weighted by molar-refractivity contribution is 8.78. The fraction of sp³-hybridized carbons (Fsp3) is 1.00. The second kappa shape index (κ2) is 20.5. The van der Waals surface area contributed by atoms with Gasteiger partial charge in [-0.15, -0.1) is 0 Å². The molecule has 2 unspecified atom stereocenters. The molecule has 0 heterocycles. The third kappa shape index (κ3) is 15.6. The van der Waals surface area contributed by atoms with Crippen molar-refractivity contribution in [1.82, 2.24) is 0 Å². The smallest absolute Gasteiger partial charge is 0.153 e. The van der Waals surface area contributed by atoms with E-state index in [0.717, 1.165) is 0 Å². The van der Waals surface area contributed by atoms with Crippen molar-refractivity contribution >= 4 is 65.3 Å². The third-order valence-corrected chi connectivity index (χ3v) is 9.57. The first kappa shape index (κ1) is 30.9. The van der Waals surface area contributed by atoms with Crippen LogP contribution in [0.2, 0.25) is 0 Å². The molecule has 0 fully saturated rings. The average Bonchev–Trinajstić information content (AvgIpc) is 2.72. The Morgan fingerprint density at radius 2 is 0.938 bits per heavy atom. The van der Waals surface area contributed by atoms with Gasteiger partial charge in [-0.2, -0.15) is 0 Å². The van der Waals surface area contributed by atoms with Gasteiger partial charge in [-0.25, -0.2) is 8.42 Å². The molecule has 0 saturated carbocycles. The van der Waals surface area contributed by atoms with Crippen molar-refractivity contribution in [2.45, 2.75) is 24.2 Å². The van der Waals surface area contributed by atoms with E-state index in [-0.39, 0.29) is 23.0 Å². The lowest BCUT2D eigenvalue weighted by atomic mass is 10.2. The van der Waals surface area contributed by atoms with Crippen LogP contribution in [-0.4, -0.2) is 76.2 Å². The monoisotopic (exact) mass is 562 g/mol. The Labute approximate surface area is 203 Å². The van der Waals surface area contributed by atoms with Gasteiger partial charge in [0.1, 0.15) is 0 Å². The Kier molecular flexibility index (Phi) is 19.7. The molecule has 16 nitrogen and oxygen atoms in total. The van der Waals surface area contributed by atoms with Gasteiger partial charge in [-0.05, 0) is 22.1 Å². The van der Waals surface area contributed by atoms with Gasteiger partial charge in [-0.1, -0.05) is 63.6 Å². The Bertz CT molecular complexity index is 744. The number of rotatable bonds is 19. The minimum Gasteiger partial charge on any atom is -0.306 e. The molecule has 0 aliphatic rings.